The molecule has 1 heterocycles. The minimum Gasteiger partial charge on any atom is -0.469 e. The number of halogens is 3. The first-order valence-electron chi connectivity index (χ1n) is 5.75. The Labute approximate surface area is 109 Å². The molecule has 0 saturated heterocycles. The molecule has 0 N–H and O–H groups in total. The molecule has 18 heavy (non-hydrogen) atoms. The minimum absolute atomic E-state index is 0.199. The van der Waals surface area contributed by atoms with Crippen LogP contribution in [0.2, 0.25) is 0 Å². The van der Waals surface area contributed by atoms with Gasteiger partial charge in [-0.25, -0.2) is 8.78 Å². The van der Waals surface area contributed by atoms with Crippen LogP contribution in [0.25, 0.3) is 0 Å². The Kier molecular flexibility index (Phi) is 4.37. The number of hydrogen-bond acceptors (Lipinski definition) is 1. The Balaban J connectivity index is 1.88. The van der Waals surface area contributed by atoms with Gasteiger partial charge in [0.1, 0.15) is 17.4 Å². The van der Waals surface area contributed by atoms with Crippen molar-refractivity contribution in [3.8, 4) is 0 Å². The smallest absolute Gasteiger partial charge is 0.129 e. The monoisotopic (exact) mass is 270 g/mol. The molecule has 0 aliphatic carbocycles. The third-order valence-electron chi connectivity index (χ3n) is 2.74. The highest BCUT2D eigenvalue weighted by Crippen LogP contribution is 2.18. The molecule has 0 radical (unpaired) electrons. The average molecular weight is 271 g/mol. The van der Waals surface area contributed by atoms with Crippen LogP contribution >= 0.6 is 11.6 Å². The average Bonchev–Trinajstić information content (AvgIpc) is 2.83. The van der Waals surface area contributed by atoms with Crippen molar-refractivity contribution in [1.29, 1.82) is 0 Å². The van der Waals surface area contributed by atoms with Crippen LogP contribution in [0, 0.1) is 11.6 Å². The molecule has 0 spiro atoms. The fraction of sp³-hybridized carbons (Fsp3) is 0.286. The molecule has 1 aromatic heterocycles. The molecule has 1 atom stereocenters. The summed E-state index contributed by atoms with van der Waals surface area (Å²) in [6.07, 6.45) is 3.39. The van der Waals surface area contributed by atoms with Crippen molar-refractivity contribution in [2.75, 3.05) is 0 Å². The summed E-state index contributed by atoms with van der Waals surface area (Å²) in [6.45, 7) is 0. The van der Waals surface area contributed by atoms with Gasteiger partial charge in [0, 0.05) is 17.9 Å². The predicted octanol–water partition coefficient (Wildman–Crippen LogP) is 4.34. The second-order valence-electron chi connectivity index (χ2n) is 4.16. The normalized spacial score (nSPS) is 12.6. The van der Waals surface area contributed by atoms with E-state index < -0.39 is 11.6 Å². The zero-order chi connectivity index (χ0) is 13.0. The van der Waals surface area contributed by atoms with Crippen molar-refractivity contribution in [2.24, 2.45) is 0 Å². The molecular formula is C14H13ClF2O. The van der Waals surface area contributed by atoms with Gasteiger partial charge in [0.05, 0.1) is 6.26 Å². The second kappa shape index (κ2) is 6.01. The van der Waals surface area contributed by atoms with Crippen molar-refractivity contribution in [2.45, 2.75) is 24.6 Å². The van der Waals surface area contributed by atoms with Gasteiger partial charge in [-0.15, -0.1) is 11.6 Å². The summed E-state index contributed by atoms with van der Waals surface area (Å²) in [4.78, 5) is 0. The van der Waals surface area contributed by atoms with Crippen molar-refractivity contribution in [1.82, 2.24) is 0 Å². The lowest BCUT2D eigenvalue weighted by atomic mass is 10.1. The maximum Gasteiger partial charge on any atom is 0.129 e. The molecule has 4 heteroatoms. The quantitative estimate of drug-likeness (QED) is 0.737. The number of aryl methyl sites for hydroxylation is 1. The van der Waals surface area contributed by atoms with Gasteiger partial charge in [-0.2, -0.15) is 0 Å². The van der Waals surface area contributed by atoms with E-state index in [9.17, 15) is 8.78 Å². The van der Waals surface area contributed by atoms with Gasteiger partial charge in [-0.05, 0) is 36.6 Å². The number of rotatable bonds is 5. The highest BCUT2D eigenvalue weighted by Gasteiger charge is 2.11. The molecule has 0 amide bonds. The number of furan rings is 1. The third-order valence-corrected chi connectivity index (χ3v) is 3.11. The first-order valence-corrected chi connectivity index (χ1v) is 6.19. The van der Waals surface area contributed by atoms with Gasteiger partial charge in [0.25, 0.3) is 0 Å². The number of hydrogen-bond donors (Lipinski definition) is 0. The van der Waals surface area contributed by atoms with Crippen LogP contribution in [0.3, 0.4) is 0 Å². The first-order chi connectivity index (χ1) is 8.65. The van der Waals surface area contributed by atoms with Gasteiger partial charge < -0.3 is 4.42 Å². The van der Waals surface area contributed by atoms with Crippen LogP contribution in [0.4, 0.5) is 8.78 Å². The fourth-order valence-electron chi connectivity index (χ4n) is 1.78. The summed E-state index contributed by atoms with van der Waals surface area (Å²) < 4.78 is 31.3. The van der Waals surface area contributed by atoms with Crippen molar-refractivity contribution < 1.29 is 13.2 Å². The third kappa shape index (κ3) is 3.57. The molecule has 1 nitrogen and oxygen atoms in total. The van der Waals surface area contributed by atoms with Crippen LogP contribution in [0.5, 0.6) is 0 Å². The summed E-state index contributed by atoms with van der Waals surface area (Å²) >= 11 is 6.14. The SMILES string of the molecule is Fc1ccc(CC(Cl)CCc2ccco2)c(F)c1. The maximum absolute atomic E-state index is 13.4. The van der Waals surface area contributed by atoms with E-state index >= 15 is 0 Å². The zero-order valence-corrected chi connectivity index (χ0v) is 10.5. The largest absolute Gasteiger partial charge is 0.469 e. The highest BCUT2D eigenvalue weighted by molar-refractivity contribution is 6.20. The van der Waals surface area contributed by atoms with Crippen molar-refractivity contribution >= 4 is 11.6 Å². The Morgan fingerprint density at radius 3 is 2.72 bits per heavy atom. The minimum atomic E-state index is -0.571. The Morgan fingerprint density at radius 2 is 2.06 bits per heavy atom. The van der Waals surface area contributed by atoms with E-state index in [1.54, 1.807) is 6.26 Å². The summed E-state index contributed by atoms with van der Waals surface area (Å²) in [6, 6.07) is 7.26. The molecule has 0 saturated carbocycles. The van der Waals surface area contributed by atoms with E-state index in [0.717, 1.165) is 11.8 Å². The van der Waals surface area contributed by atoms with Gasteiger partial charge >= 0.3 is 0 Å². The lowest BCUT2D eigenvalue weighted by Crippen LogP contribution is -2.06. The Bertz CT molecular complexity index is 497. The van der Waals surface area contributed by atoms with Crippen LogP contribution in [-0.2, 0) is 12.8 Å². The Hall–Kier alpha value is -1.35. The number of alkyl halides is 1. The van der Waals surface area contributed by atoms with Gasteiger partial charge in [-0.3, -0.25) is 0 Å². The van der Waals surface area contributed by atoms with E-state index in [1.165, 1.54) is 12.1 Å². The van der Waals surface area contributed by atoms with Crippen LogP contribution in [0.15, 0.2) is 41.0 Å². The molecule has 0 aliphatic heterocycles. The van der Waals surface area contributed by atoms with Crippen LogP contribution in [0.1, 0.15) is 17.7 Å². The lowest BCUT2D eigenvalue weighted by molar-refractivity contribution is 0.497. The molecule has 0 aliphatic rings. The van der Waals surface area contributed by atoms with E-state index in [2.05, 4.69) is 0 Å². The topological polar surface area (TPSA) is 13.1 Å². The predicted molar refractivity (Wildman–Crippen MR) is 66.7 cm³/mol. The lowest BCUT2D eigenvalue weighted by Gasteiger charge is -2.09. The van der Waals surface area contributed by atoms with Gasteiger partial charge in [0.15, 0.2) is 0 Å². The summed E-state index contributed by atoms with van der Waals surface area (Å²) in [5.41, 5.74) is 0.441. The van der Waals surface area contributed by atoms with Crippen molar-refractivity contribution in [3.63, 3.8) is 0 Å². The highest BCUT2D eigenvalue weighted by atomic mass is 35.5. The van der Waals surface area contributed by atoms with E-state index in [4.69, 9.17) is 16.0 Å². The van der Waals surface area contributed by atoms with Gasteiger partial charge in [0.2, 0.25) is 0 Å². The molecule has 0 fully saturated rings. The van der Waals surface area contributed by atoms with Crippen LogP contribution < -0.4 is 0 Å². The van der Waals surface area contributed by atoms with E-state index in [1.807, 2.05) is 12.1 Å². The molecule has 1 unspecified atom stereocenters. The molecular weight excluding hydrogens is 258 g/mol. The fourth-order valence-corrected chi connectivity index (χ4v) is 2.06. The number of benzene rings is 1. The molecule has 1 aromatic carbocycles. The van der Waals surface area contributed by atoms with Gasteiger partial charge in [-0.1, -0.05) is 6.07 Å². The van der Waals surface area contributed by atoms with E-state index in [-0.39, 0.29) is 5.38 Å². The molecule has 96 valence electrons. The maximum atomic E-state index is 13.4. The van der Waals surface area contributed by atoms with E-state index in [0.29, 0.717) is 24.8 Å². The molecule has 2 aromatic rings. The summed E-state index contributed by atoms with van der Waals surface area (Å²) in [5, 5.41) is -0.199. The molecule has 0 bridgehead atoms. The first kappa shape index (κ1) is 13.1. The Morgan fingerprint density at radius 1 is 1.22 bits per heavy atom. The zero-order valence-electron chi connectivity index (χ0n) is 9.70. The standard InChI is InChI=1S/C14H13ClF2O/c15-11(4-6-13-2-1-7-18-13)8-10-3-5-12(16)9-14(10)17/h1-3,5,7,9,11H,4,6,8H2. The summed E-state index contributed by atoms with van der Waals surface area (Å²) in [7, 11) is 0. The summed E-state index contributed by atoms with van der Waals surface area (Å²) in [5.74, 6) is -0.253. The van der Waals surface area contributed by atoms with Crippen molar-refractivity contribution in [3.05, 3.63) is 59.6 Å². The second-order valence-corrected chi connectivity index (χ2v) is 4.77. The van der Waals surface area contributed by atoms with Crippen LogP contribution in [-0.4, -0.2) is 5.38 Å². The molecule has 2 rings (SSSR count).